The summed E-state index contributed by atoms with van der Waals surface area (Å²) in [4.78, 5) is 28.2. The number of carboxylic acids is 1. The Balaban J connectivity index is 2.02. The second-order valence-electron chi connectivity index (χ2n) is 7.76. The molecule has 0 saturated heterocycles. The maximum Gasteiger partial charge on any atom is 0.341 e. The van der Waals surface area contributed by atoms with E-state index in [0.29, 0.717) is 23.6 Å². The molecule has 0 spiro atoms. The number of hydrogen-bond donors (Lipinski definition) is 2. The lowest BCUT2D eigenvalue weighted by Crippen LogP contribution is -2.20. The summed E-state index contributed by atoms with van der Waals surface area (Å²) in [6.45, 7) is 4.57. The number of carboxylic acid groups (broad SMARTS) is 1. The smallest absolute Gasteiger partial charge is 0.341 e. The van der Waals surface area contributed by atoms with E-state index in [0.717, 1.165) is 12.3 Å². The number of hydrogen-bond acceptors (Lipinski definition) is 4. The van der Waals surface area contributed by atoms with E-state index in [1.54, 1.807) is 12.3 Å². The van der Waals surface area contributed by atoms with Gasteiger partial charge < -0.3 is 15.4 Å². The lowest BCUT2D eigenvalue weighted by molar-refractivity contribution is 0.0695. The number of benzene rings is 2. The Labute approximate surface area is 183 Å². The van der Waals surface area contributed by atoms with Gasteiger partial charge in [-0.05, 0) is 29.7 Å². The normalized spacial score (nSPS) is 12.2. The fraction of sp³-hybridized carbons (Fsp3) is 0.208. The number of rotatable bonds is 7. The highest BCUT2D eigenvalue weighted by atomic mass is 19.1. The fourth-order valence-corrected chi connectivity index (χ4v) is 3.29. The zero-order valence-corrected chi connectivity index (χ0v) is 17.7. The molecule has 0 fully saturated rings. The van der Waals surface area contributed by atoms with Crippen LogP contribution in [0.15, 0.2) is 58.6 Å². The molecule has 166 valence electrons. The lowest BCUT2D eigenvalue weighted by Gasteiger charge is -2.14. The molecular formula is C24H23F2N3O3. The highest BCUT2D eigenvalue weighted by Gasteiger charge is 2.18. The predicted octanol–water partition coefficient (Wildman–Crippen LogP) is 4.05. The van der Waals surface area contributed by atoms with Gasteiger partial charge in [-0.1, -0.05) is 32.0 Å². The van der Waals surface area contributed by atoms with E-state index in [2.05, 4.69) is 4.99 Å². The maximum absolute atomic E-state index is 14.9. The first-order valence-electron chi connectivity index (χ1n) is 9.98. The molecule has 32 heavy (non-hydrogen) atoms. The van der Waals surface area contributed by atoms with Crippen molar-refractivity contribution >= 4 is 28.7 Å². The predicted molar refractivity (Wildman–Crippen MR) is 121 cm³/mol. The van der Waals surface area contributed by atoms with Crippen LogP contribution < -0.4 is 11.2 Å². The van der Waals surface area contributed by atoms with Crippen LogP contribution in [-0.2, 0) is 6.54 Å². The molecule has 1 aromatic heterocycles. The molecule has 3 N–H and O–H groups in total. The summed E-state index contributed by atoms with van der Waals surface area (Å²) < 4.78 is 30.6. The third-order valence-corrected chi connectivity index (χ3v) is 4.90. The van der Waals surface area contributed by atoms with Gasteiger partial charge in [0.1, 0.15) is 17.2 Å². The van der Waals surface area contributed by atoms with Gasteiger partial charge in [0, 0.05) is 36.3 Å². The highest BCUT2D eigenvalue weighted by molar-refractivity contribution is 6.09. The molecule has 0 amide bonds. The van der Waals surface area contributed by atoms with Crippen molar-refractivity contribution in [3.63, 3.8) is 0 Å². The monoisotopic (exact) mass is 439 g/mol. The summed E-state index contributed by atoms with van der Waals surface area (Å²) in [5.74, 6) is -2.50. The summed E-state index contributed by atoms with van der Waals surface area (Å²) in [5.41, 5.74) is 5.65. The zero-order chi connectivity index (χ0) is 23.4. The van der Waals surface area contributed by atoms with Crippen LogP contribution in [0.5, 0.6) is 0 Å². The first-order chi connectivity index (χ1) is 15.2. The van der Waals surface area contributed by atoms with Crippen LogP contribution in [0, 0.1) is 17.6 Å². The number of nitrogens with zero attached hydrogens (tertiary/aromatic N) is 2. The van der Waals surface area contributed by atoms with Crippen molar-refractivity contribution in [3.05, 3.63) is 87.3 Å². The van der Waals surface area contributed by atoms with Gasteiger partial charge in [0.25, 0.3) is 0 Å². The number of aromatic carboxylic acids is 1. The van der Waals surface area contributed by atoms with Gasteiger partial charge >= 0.3 is 5.97 Å². The summed E-state index contributed by atoms with van der Waals surface area (Å²) in [6, 6.07) is 8.48. The second kappa shape index (κ2) is 9.55. The molecule has 6 nitrogen and oxygen atoms in total. The van der Waals surface area contributed by atoms with Gasteiger partial charge in [0.05, 0.1) is 17.4 Å². The first-order valence-corrected chi connectivity index (χ1v) is 9.98. The van der Waals surface area contributed by atoms with Crippen LogP contribution in [0.25, 0.3) is 16.5 Å². The van der Waals surface area contributed by atoms with E-state index >= 15 is 0 Å². The molecule has 0 bridgehead atoms. The van der Waals surface area contributed by atoms with E-state index in [-0.39, 0.29) is 23.0 Å². The van der Waals surface area contributed by atoms with Crippen LogP contribution >= 0.6 is 0 Å². The largest absolute Gasteiger partial charge is 0.477 e. The molecule has 0 unspecified atom stereocenters. The van der Waals surface area contributed by atoms with E-state index in [9.17, 15) is 23.5 Å². The molecule has 3 rings (SSSR count). The quantitative estimate of drug-likeness (QED) is 0.543. The Morgan fingerprint density at radius 2 is 1.97 bits per heavy atom. The van der Waals surface area contributed by atoms with Crippen molar-refractivity contribution in [2.24, 2.45) is 16.6 Å². The van der Waals surface area contributed by atoms with Gasteiger partial charge in [0.2, 0.25) is 5.43 Å². The van der Waals surface area contributed by atoms with Gasteiger partial charge in [0.15, 0.2) is 0 Å². The third-order valence-electron chi connectivity index (χ3n) is 4.90. The molecule has 0 aliphatic carbocycles. The van der Waals surface area contributed by atoms with Crippen molar-refractivity contribution in [1.82, 2.24) is 4.57 Å². The zero-order valence-electron chi connectivity index (χ0n) is 17.7. The number of carbonyl (C=O) groups is 1. The lowest BCUT2D eigenvalue weighted by atomic mass is 10.0. The molecule has 8 heteroatoms. The minimum absolute atomic E-state index is 0.101. The number of aliphatic imine (C=N–C) groups is 1. The average Bonchev–Trinajstić information content (AvgIpc) is 2.74. The fourth-order valence-electron chi connectivity index (χ4n) is 3.29. The molecule has 0 radical (unpaired) electrons. The van der Waals surface area contributed by atoms with Gasteiger partial charge in [-0.3, -0.25) is 9.79 Å². The Kier molecular flexibility index (Phi) is 6.82. The summed E-state index contributed by atoms with van der Waals surface area (Å²) in [5, 5.41) is 9.00. The molecule has 1 heterocycles. The van der Waals surface area contributed by atoms with Crippen LogP contribution in [0.2, 0.25) is 0 Å². The number of aromatic nitrogens is 1. The molecule has 0 atom stereocenters. The molecule has 0 saturated carbocycles. The Morgan fingerprint density at radius 1 is 1.22 bits per heavy atom. The van der Waals surface area contributed by atoms with Gasteiger partial charge in [-0.15, -0.1) is 0 Å². The van der Waals surface area contributed by atoms with Crippen LogP contribution in [0.4, 0.5) is 8.78 Å². The molecule has 0 aliphatic rings. The van der Waals surface area contributed by atoms with Gasteiger partial charge in [-0.2, -0.15) is 0 Å². The topological polar surface area (TPSA) is 97.7 Å². The SMILES string of the molecule is CC(C)CN=CC(=CN)c1ccc(Cn2cc(C(=O)O)c(=O)c3c(F)cccc32)c(F)c1. The first kappa shape index (κ1) is 22.9. The number of halogens is 2. The molecule has 3 aromatic rings. The number of pyridine rings is 1. The Bertz CT molecular complexity index is 1290. The second-order valence-corrected chi connectivity index (χ2v) is 7.76. The van der Waals surface area contributed by atoms with Crippen LogP contribution in [0.1, 0.15) is 35.3 Å². The van der Waals surface area contributed by atoms with E-state index in [4.69, 9.17) is 5.73 Å². The molecule has 0 aliphatic heterocycles. The van der Waals surface area contributed by atoms with E-state index in [1.807, 2.05) is 13.8 Å². The Hall–Kier alpha value is -3.81. The maximum atomic E-state index is 14.9. The summed E-state index contributed by atoms with van der Waals surface area (Å²) in [7, 11) is 0. The minimum atomic E-state index is -1.48. The van der Waals surface area contributed by atoms with Gasteiger partial charge in [-0.25, -0.2) is 13.6 Å². The third kappa shape index (κ3) is 4.74. The van der Waals surface area contributed by atoms with Crippen LogP contribution in [-0.4, -0.2) is 28.4 Å². The highest BCUT2D eigenvalue weighted by Crippen LogP contribution is 2.21. The Morgan fingerprint density at radius 3 is 2.59 bits per heavy atom. The number of allylic oxidation sites excluding steroid dienone is 1. The average molecular weight is 439 g/mol. The molecule has 2 aromatic carbocycles. The summed E-state index contributed by atoms with van der Waals surface area (Å²) in [6.07, 6.45) is 4.03. The van der Waals surface area contributed by atoms with Crippen LogP contribution in [0.3, 0.4) is 0 Å². The minimum Gasteiger partial charge on any atom is -0.477 e. The van der Waals surface area contributed by atoms with Crippen molar-refractivity contribution in [2.45, 2.75) is 20.4 Å². The van der Waals surface area contributed by atoms with Crippen molar-refractivity contribution in [3.8, 4) is 0 Å². The summed E-state index contributed by atoms with van der Waals surface area (Å²) >= 11 is 0. The van der Waals surface area contributed by atoms with E-state index < -0.39 is 28.6 Å². The molecular weight excluding hydrogens is 416 g/mol. The number of fused-ring (bicyclic) bond motifs is 1. The standard InChI is InChI=1S/C24H23F2N3O3/c1-14(2)10-28-11-17(9-27)15-6-7-16(20(26)8-15)12-29-13-18(24(31)32)23(30)22-19(25)4-3-5-21(22)29/h3-9,11,13-14H,10,12,27H2,1-2H3,(H,31,32). The van der Waals surface area contributed by atoms with Crippen molar-refractivity contribution in [2.75, 3.05) is 6.54 Å². The van der Waals surface area contributed by atoms with Crippen molar-refractivity contribution < 1.29 is 18.7 Å². The van der Waals surface area contributed by atoms with E-state index in [1.165, 1.54) is 35.0 Å². The van der Waals surface area contributed by atoms with Crippen molar-refractivity contribution in [1.29, 1.82) is 0 Å². The number of nitrogens with two attached hydrogens (primary N) is 1.